The van der Waals surface area contributed by atoms with Crippen molar-refractivity contribution in [1.29, 1.82) is 0 Å². The topological polar surface area (TPSA) is 89.9 Å². The lowest BCUT2D eigenvalue weighted by Gasteiger charge is -2.27. The summed E-state index contributed by atoms with van der Waals surface area (Å²) in [4.78, 5) is 39.7. The van der Waals surface area contributed by atoms with Gasteiger partial charge in [-0.15, -0.1) is 0 Å². The van der Waals surface area contributed by atoms with Gasteiger partial charge in [-0.3, -0.25) is 4.79 Å². The standard InChI is InChI=1S/C21H23N3O4/c1-2-23(18-12-13-24(19(18)25)17-6-4-3-5-7-17)21(28)22-14-15-8-10-16(11-9-15)20(26)27/h3-11,18H,2,12-14H2,1H3,(H,22,28)(H,26,27). The molecule has 2 aromatic carbocycles. The Morgan fingerprint density at radius 3 is 2.43 bits per heavy atom. The van der Waals surface area contributed by atoms with E-state index >= 15 is 0 Å². The monoisotopic (exact) mass is 381 g/mol. The molecule has 0 spiro atoms. The van der Waals surface area contributed by atoms with Gasteiger partial charge >= 0.3 is 12.0 Å². The van der Waals surface area contributed by atoms with E-state index in [1.807, 2.05) is 37.3 Å². The fourth-order valence-corrected chi connectivity index (χ4v) is 3.37. The molecule has 28 heavy (non-hydrogen) atoms. The number of hydrogen-bond acceptors (Lipinski definition) is 3. The number of hydrogen-bond donors (Lipinski definition) is 2. The Morgan fingerprint density at radius 1 is 1.14 bits per heavy atom. The number of carbonyl (C=O) groups excluding carboxylic acids is 2. The molecule has 3 amide bonds. The zero-order chi connectivity index (χ0) is 20.1. The smallest absolute Gasteiger partial charge is 0.335 e. The summed E-state index contributed by atoms with van der Waals surface area (Å²) in [6.45, 7) is 3.11. The van der Waals surface area contributed by atoms with Crippen molar-refractivity contribution < 1.29 is 19.5 Å². The highest BCUT2D eigenvalue weighted by Gasteiger charge is 2.38. The highest BCUT2D eigenvalue weighted by atomic mass is 16.4. The number of nitrogens with zero attached hydrogens (tertiary/aromatic N) is 2. The van der Waals surface area contributed by atoms with Crippen LogP contribution in [0.15, 0.2) is 54.6 Å². The van der Waals surface area contributed by atoms with Gasteiger partial charge < -0.3 is 20.2 Å². The second-order valence-corrected chi connectivity index (χ2v) is 6.58. The Morgan fingerprint density at radius 2 is 1.82 bits per heavy atom. The molecule has 146 valence electrons. The summed E-state index contributed by atoms with van der Waals surface area (Å²) in [6.07, 6.45) is 0.586. The normalized spacial score (nSPS) is 16.1. The third-order valence-electron chi connectivity index (χ3n) is 4.87. The fraction of sp³-hybridized carbons (Fsp3) is 0.286. The van der Waals surface area contributed by atoms with Crippen molar-refractivity contribution in [2.45, 2.75) is 25.9 Å². The number of rotatable bonds is 6. The number of nitrogens with one attached hydrogen (secondary N) is 1. The largest absolute Gasteiger partial charge is 0.478 e. The Balaban J connectivity index is 1.62. The molecule has 1 unspecified atom stereocenters. The number of urea groups is 1. The van der Waals surface area contributed by atoms with E-state index in [1.165, 1.54) is 12.1 Å². The van der Waals surface area contributed by atoms with E-state index in [9.17, 15) is 14.4 Å². The van der Waals surface area contributed by atoms with Crippen LogP contribution in [0.2, 0.25) is 0 Å². The van der Waals surface area contributed by atoms with Gasteiger partial charge in [0.05, 0.1) is 5.56 Å². The van der Waals surface area contributed by atoms with Gasteiger partial charge in [0.15, 0.2) is 0 Å². The lowest BCUT2D eigenvalue weighted by Crippen LogP contribution is -2.49. The van der Waals surface area contributed by atoms with Gasteiger partial charge in [0.2, 0.25) is 5.91 Å². The number of likely N-dealkylation sites (N-methyl/N-ethyl adjacent to an activating group) is 1. The van der Waals surface area contributed by atoms with Crippen molar-refractivity contribution in [2.75, 3.05) is 18.0 Å². The molecule has 1 aliphatic rings. The van der Waals surface area contributed by atoms with E-state index in [0.29, 0.717) is 19.5 Å². The predicted molar refractivity (Wildman–Crippen MR) is 105 cm³/mol. The number of carbonyl (C=O) groups is 3. The number of aromatic carboxylic acids is 1. The van der Waals surface area contributed by atoms with Crippen LogP contribution in [0, 0.1) is 0 Å². The molecule has 1 aliphatic heterocycles. The zero-order valence-electron chi connectivity index (χ0n) is 15.7. The van der Waals surface area contributed by atoms with Gasteiger partial charge in [0.1, 0.15) is 6.04 Å². The first-order chi connectivity index (χ1) is 13.5. The molecule has 0 bridgehead atoms. The first kappa shape index (κ1) is 19.4. The van der Waals surface area contributed by atoms with Crippen molar-refractivity contribution in [1.82, 2.24) is 10.2 Å². The summed E-state index contributed by atoms with van der Waals surface area (Å²) in [5.74, 6) is -1.07. The van der Waals surface area contributed by atoms with Gasteiger partial charge in [-0.05, 0) is 43.2 Å². The minimum absolute atomic E-state index is 0.0750. The number of anilines is 1. The fourth-order valence-electron chi connectivity index (χ4n) is 3.37. The van der Waals surface area contributed by atoms with Gasteiger partial charge in [-0.2, -0.15) is 0 Å². The Labute approximate surface area is 163 Å². The van der Waals surface area contributed by atoms with Crippen LogP contribution in [0.5, 0.6) is 0 Å². The molecule has 1 fully saturated rings. The molecule has 1 saturated heterocycles. The van der Waals surface area contributed by atoms with Crippen molar-refractivity contribution in [3.8, 4) is 0 Å². The van der Waals surface area contributed by atoms with Crippen molar-refractivity contribution in [2.24, 2.45) is 0 Å². The molecule has 0 aromatic heterocycles. The average molecular weight is 381 g/mol. The van der Waals surface area contributed by atoms with Crippen molar-refractivity contribution in [3.05, 3.63) is 65.7 Å². The molecule has 7 heteroatoms. The third kappa shape index (κ3) is 4.14. The predicted octanol–water partition coefficient (Wildman–Crippen LogP) is 2.72. The minimum atomic E-state index is -0.990. The summed E-state index contributed by atoms with van der Waals surface area (Å²) in [5.41, 5.74) is 1.82. The second kappa shape index (κ2) is 8.56. The molecule has 1 atom stereocenters. The molecule has 2 N–H and O–H groups in total. The zero-order valence-corrected chi connectivity index (χ0v) is 15.7. The van der Waals surface area contributed by atoms with Crippen LogP contribution in [-0.2, 0) is 11.3 Å². The van der Waals surface area contributed by atoms with Crippen molar-refractivity contribution in [3.63, 3.8) is 0 Å². The van der Waals surface area contributed by atoms with E-state index in [2.05, 4.69) is 5.32 Å². The Bertz CT molecular complexity index is 852. The SMILES string of the molecule is CCN(C(=O)NCc1ccc(C(=O)O)cc1)C1CCN(c2ccccc2)C1=O. The minimum Gasteiger partial charge on any atom is -0.478 e. The van der Waals surface area contributed by atoms with Crippen LogP contribution in [0.3, 0.4) is 0 Å². The van der Waals surface area contributed by atoms with Crippen LogP contribution in [-0.4, -0.2) is 47.0 Å². The number of amides is 3. The summed E-state index contributed by atoms with van der Waals surface area (Å²) in [7, 11) is 0. The van der Waals surface area contributed by atoms with Crippen LogP contribution in [0.25, 0.3) is 0 Å². The first-order valence-electron chi connectivity index (χ1n) is 9.24. The first-order valence-corrected chi connectivity index (χ1v) is 9.24. The van der Waals surface area contributed by atoms with Gasteiger partial charge in [0.25, 0.3) is 0 Å². The van der Waals surface area contributed by atoms with E-state index in [0.717, 1.165) is 11.3 Å². The highest BCUT2D eigenvalue weighted by molar-refractivity contribution is 6.01. The maximum atomic E-state index is 12.8. The molecule has 0 radical (unpaired) electrons. The van der Waals surface area contributed by atoms with Gasteiger partial charge in [-0.1, -0.05) is 30.3 Å². The molecule has 1 heterocycles. The molecule has 3 rings (SSSR count). The van der Waals surface area contributed by atoms with Gasteiger partial charge in [0, 0.05) is 25.3 Å². The average Bonchev–Trinajstić information content (AvgIpc) is 3.09. The molecule has 7 nitrogen and oxygen atoms in total. The Kier molecular flexibility index (Phi) is 5.93. The number of carboxylic acid groups (broad SMARTS) is 1. The van der Waals surface area contributed by atoms with Crippen LogP contribution in [0.1, 0.15) is 29.3 Å². The van der Waals surface area contributed by atoms with Crippen LogP contribution < -0.4 is 10.2 Å². The van der Waals surface area contributed by atoms with Gasteiger partial charge in [-0.25, -0.2) is 9.59 Å². The van der Waals surface area contributed by atoms with E-state index < -0.39 is 12.0 Å². The van der Waals surface area contributed by atoms with E-state index in [4.69, 9.17) is 5.11 Å². The third-order valence-corrected chi connectivity index (χ3v) is 4.87. The maximum absolute atomic E-state index is 12.8. The number of carboxylic acids is 1. The number of benzene rings is 2. The van der Waals surface area contributed by atoms with E-state index in [-0.39, 0.29) is 24.0 Å². The quantitative estimate of drug-likeness (QED) is 0.805. The molecule has 2 aromatic rings. The lowest BCUT2D eigenvalue weighted by atomic mass is 10.1. The Hall–Kier alpha value is -3.35. The summed E-state index contributed by atoms with van der Waals surface area (Å²) < 4.78 is 0. The van der Waals surface area contributed by atoms with Crippen molar-refractivity contribution >= 4 is 23.6 Å². The molecule has 0 aliphatic carbocycles. The summed E-state index contributed by atoms with van der Waals surface area (Å²) >= 11 is 0. The number of para-hydroxylation sites is 1. The van der Waals surface area contributed by atoms with Crippen LogP contribution >= 0.6 is 0 Å². The molecular formula is C21H23N3O4. The molecule has 0 saturated carbocycles. The molecular weight excluding hydrogens is 358 g/mol. The lowest BCUT2D eigenvalue weighted by molar-refractivity contribution is -0.120. The second-order valence-electron chi connectivity index (χ2n) is 6.58. The van der Waals surface area contributed by atoms with E-state index in [1.54, 1.807) is 21.9 Å². The summed E-state index contributed by atoms with van der Waals surface area (Å²) in [6, 6.07) is 15.0. The maximum Gasteiger partial charge on any atom is 0.335 e. The van der Waals surface area contributed by atoms with Crippen LogP contribution in [0.4, 0.5) is 10.5 Å². The highest BCUT2D eigenvalue weighted by Crippen LogP contribution is 2.24. The summed E-state index contributed by atoms with van der Waals surface area (Å²) in [5, 5.41) is 11.8.